The number of nitrogens with zero attached hydrogens (tertiary/aromatic N) is 2. The summed E-state index contributed by atoms with van der Waals surface area (Å²) in [6.45, 7) is 5.94. The van der Waals surface area contributed by atoms with E-state index in [1.165, 1.54) is 6.20 Å². The normalized spacial score (nSPS) is 16.8. The van der Waals surface area contributed by atoms with E-state index in [0.717, 1.165) is 17.5 Å². The third-order valence-corrected chi connectivity index (χ3v) is 5.70. The molecule has 2 aromatic carbocycles. The molecule has 0 unspecified atom stereocenters. The van der Waals surface area contributed by atoms with Crippen molar-refractivity contribution in [3.8, 4) is 11.6 Å². The van der Waals surface area contributed by atoms with Gasteiger partial charge in [-0.1, -0.05) is 38.4 Å². The lowest BCUT2D eigenvalue weighted by Gasteiger charge is -2.33. The zero-order chi connectivity index (χ0) is 21.5. The van der Waals surface area contributed by atoms with E-state index in [2.05, 4.69) is 9.97 Å². The molecule has 0 bridgehead atoms. The number of ketones is 2. The van der Waals surface area contributed by atoms with Crippen molar-refractivity contribution in [1.82, 2.24) is 9.97 Å². The first-order valence-electron chi connectivity index (χ1n) is 10.0. The van der Waals surface area contributed by atoms with Gasteiger partial charge in [0.05, 0.1) is 17.2 Å². The van der Waals surface area contributed by atoms with Gasteiger partial charge in [-0.3, -0.25) is 9.59 Å². The highest BCUT2D eigenvalue weighted by Gasteiger charge is 2.41. The molecule has 30 heavy (non-hydrogen) atoms. The van der Waals surface area contributed by atoms with Crippen LogP contribution in [-0.4, -0.2) is 21.5 Å². The van der Waals surface area contributed by atoms with Gasteiger partial charge in [-0.25, -0.2) is 9.97 Å². The highest BCUT2D eigenvalue weighted by molar-refractivity contribution is 6.31. The van der Waals surface area contributed by atoms with Crippen LogP contribution in [-0.2, 0) is 16.0 Å². The van der Waals surface area contributed by atoms with E-state index in [1.54, 1.807) is 24.3 Å². The van der Waals surface area contributed by atoms with Gasteiger partial charge >= 0.3 is 0 Å². The Morgan fingerprint density at radius 1 is 1.07 bits per heavy atom. The van der Waals surface area contributed by atoms with Crippen molar-refractivity contribution in [2.75, 3.05) is 0 Å². The maximum Gasteiger partial charge on any atom is 0.238 e. The summed E-state index contributed by atoms with van der Waals surface area (Å²) in [4.78, 5) is 34.5. The number of rotatable bonds is 4. The van der Waals surface area contributed by atoms with Crippen LogP contribution in [0.1, 0.15) is 50.7 Å². The Morgan fingerprint density at radius 2 is 1.80 bits per heavy atom. The summed E-state index contributed by atoms with van der Waals surface area (Å²) in [7, 11) is 0. The number of aromatic nitrogens is 2. The fourth-order valence-electron chi connectivity index (χ4n) is 4.10. The minimum absolute atomic E-state index is 0.0227. The number of carbonyl (C=O) groups is 2. The maximum absolute atomic E-state index is 12.8. The number of Topliss-reactive ketones (excluding diaryl/α,β-unsaturated/α-hetero) is 2. The van der Waals surface area contributed by atoms with Gasteiger partial charge in [0.2, 0.25) is 5.88 Å². The summed E-state index contributed by atoms with van der Waals surface area (Å²) in [5, 5.41) is 0.593. The molecule has 0 spiro atoms. The van der Waals surface area contributed by atoms with Crippen LogP contribution in [0.2, 0.25) is 5.02 Å². The van der Waals surface area contributed by atoms with E-state index in [-0.39, 0.29) is 17.0 Å². The number of ether oxygens (including phenoxy) is 1. The van der Waals surface area contributed by atoms with E-state index in [4.69, 9.17) is 16.3 Å². The smallest absolute Gasteiger partial charge is 0.238 e. The van der Waals surface area contributed by atoms with E-state index < -0.39 is 5.92 Å². The van der Waals surface area contributed by atoms with Crippen LogP contribution in [0, 0.1) is 5.41 Å². The third kappa shape index (κ3) is 4.08. The van der Waals surface area contributed by atoms with Gasteiger partial charge in [-0.05, 0) is 53.3 Å². The van der Waals surface area contributed by atoms with Crippen LogP contribution in [0.3, 0.4) is 0 Å². The third-order valence-electron chi connectivity index (χ3n) is 5.46. The molecule has 5 nitrogen and oxygen atoms in total. The van der Waals surface area contributed by atoms with Crippen molar-refractivity contribution < 1.29 is 14.3 Å². The second-order valence-corrected chi connectivity index (χ2v) is 8.98. The summed E-state index contributed by atoms with van der Waals surface area (Å²) < 4.78 is 5.93. The fourth-order valence-corrected chi connectivity index (χ4v) is 4.27. The molecule has 154 valence electrons. The lowest BCUT2D eigenvalue weighted by molar-refractivity contribution is -0.135. The molecule has 1 aromatic heterocycles. The Bertz CT molecular complexity index is 1140. The van der Waals surface area contributed by atoms with Gasteiger partial charge in [0.1, 0.15) is 23.2 Å². The zero-order valence-corrected chi connectivity index (χ0v) is 18.0. The van der Waals surface area contributed by atoms with Crippen molar-refractivity contribution >= 4 is 34.2 Å². The van der Waals surface area contributed by atoms with Crippen LogP contribution < -0.4 is 4.74 Å². The number of benzene rings is 2. The summed E-state index contributed by atoms with van der Waals surface area (Å²) >= 11 is 6.00. The standard InChI is InChI=1S/C24H23ClN2O3/c1-4-14-5-7-16(10-17(14)23-20(28)11-24(2,3)12-21(23)29)30-22-13-26-19-9-15(25)6-8-18(19)27-22/h5-10,13,23H,4,11-12H2,1-3H3. The topological polar surface area (TPSA) is 69.2 Å². The number of halogens is 1. The molecule has 1 aliphatic rings. The molecule has 1 aliphatic carbocycles. The molecule has 0 N–H and O–H groups in total. The second-order valence-electron chi connectivity index (χ2n) is 8.54. The summed E-state index contributed by atoms with van der Waals surface area (Å²) in [6.07, 6.45) is 3.06. The lowest BCUT2D eigenvalue weighted by atomic mass is 9.69. The van der Waals surface area contributed by atoms with Crippen molar-refractivity contribution in [3.63, 3.8) is 0 Å². The van der Waals surface area contributed by atoms with Gasteiger partial charge < -0.3 is 4.74 Å². The molecule has 1 heterocycles. The fraction of sp³-hybridized carbons (Fsp3) is 0.333. The molecular weight excluding hydrogens is 400 g/mol. The van der Waals surface area contributed by atoms with Crippen LogP contribution in [0.5, 0.6) is 11.6 Å². The summed E-state index contributed by atoms with van der Waals surface area (Å²) in [5.41, 5.74) is 2.78. The average molecular weight is 423 g/mol. The van der Waals surface area contributed by atoms with Crippen LogP contribution in [0.4, 0.5) is 0 Å². The van der Waals surface area contributed by atoms with E-state index in [1.807, 2.05) is 32.9 Å². The Morgan fingerprint density at radius 3 is 2.50 bits per heavy atom. The van der Waals surface area contributed by atoms with Gasteiger partial charge in [0.15, 0.2) is 0 Å². The average Bonchev–Trinajstić information content (AvgIpc) is 2.67. The van der Waals surface area contributed by atoms with Crippen molar-refractivity contribution in [2.24, 2.45) is 5.41 Å². The number of aryl methyl sites for hydroxylation is 1. The first-order chi connectivity index (χ1) is 14.3. The summed E-state index contributed by atoms with van der Waals surface area (Å²) in [6, 6.07) is 10.8. The van der Waals surface area contributed by atoms with E-state index >= 15 is 0 Å². The predicted molar refractivity (Wildman–Crippen MR) is 116 cm³/mol. The second kappa shape index (κ2) is 7.80. The molecule has 6 heteroatoms. The zero-order valence-electron chi connectivity index (χ0n) is 17.2. The molecule has 0 radical (unpaired) electrons. The van der Waals surface area contributed by atoms with E-state index in [9.17, 15) is 9.59 Å². The van der Waals surface area contributed by atoms with Gasteiger partial charge in [-0.2, -0.15) is 0 Å². The minimum Gasteiger partial charge on any atom is -0.437 e. The van der Waals surface area contributed by atoms with Crippen LogP contribution >= 0.6 is 11.6 Å². The Hall–Kier alpha value is -2.79. The van der Waals surface area contributed by atoms with Crippen LogP contribution in [0.15, 0.2) is 42.6 Å². The molecule has 3 aromatic rings. The maximum atomic E-state index is 12.8. The highest BCUT2D eigenvalue weighted by atomic mass is 35.5. The minimum atomic E-state index is -0.721. The molecule has 1 saturated carbocycles. The number of carbonyl (C=O) groups excluding carboxylic acids is 2. The molecule has 0 saturated heterocycles. The quantitative estimate of drug-likeness (QED) is 0.506. The molecule has 0 atom stereocenters. The first-order valence-corrected chi connectivity index (χ1v) is 10.4. The van der Waals surface area contributed by atoms with Crippen molar-refractivity contribution in [1.29, 1.82) is 0 Å². The Labute approximate surface area is 180 Å². The SMILES string of the molecule is CCc1ccc(Oc2cnc3cc(Cl)ccc3n2)cc1C1C(=O)CC(C)(C)CC1=O. The van der Waals surface area contributed by atoms with Crippen molar-refractivity contribution in [3.05, 3.63) is 58.7 Å². The molecule has 1 fully saturated rings. The van der Waals surface area contributed by atoms with E-state index in [0.29, 0.717) is 40.5 Å². The molecule has 0 aliphatic heterocycles. The molecule has 4 rings (SSSR count). The number of fused-ring (bicyclic) bond motifs is 1. The predicted octanol–water partition coefficient (Wildman–Crippen LogP) is 5.68. The number of hydrogen-bond donors (Lipinski definition) is 0. The Balaban J connectivity index is 1.67. The first kappa shape index (κ1) is 20.5. The van der Waals surface area contributed by atoms with Gasteiger partial charge in [0.25, 0.3) is 0 Å². The largest absolute Gasteiger partial charge is 0.437 e. The Kier molecular flexibility index (Phi) is 5.33. The monoisotopic (exact) mass is 422 g/mol. The van der Waals surface area contributed by atoms with Gasteiger partial charge in [0, 0.05) is 17.9 Å². The highest BCUT2D eigenvalue weighted by Crippen LogP contribution is 2.40. The molecular formula is C24H23ClN2O3. The summed E-state index contributed by atoms with van der Waals surface area (Å²) in [5.74, 6) is 0.0926. The van der Waals surface area contributed by atoms with Crippen LogP contribution in [0.25, 0.3) is 11.0 Å². The number of hydrogen-bond acceptors (Lipinski definition) is 5. The molecule has 0 amide bonds. The lowest BCUT2D eigenvalue weighted by Crippen LogP contribution is -2.36. The van der Waals surface area contributed by atoms with Gasteiger partial charge in [-0.15, -0.1) is 0 Å². The van der Waals surface area contributed by atoms with Crippen molar-refractivity contribution in [2.45, 2.75) is 46.0 Å².